The predicted molar refractivity (Wildman–Crippen MR) is 282 cm³/mol. The fourth-order valence-electron chi connectivity index (χ4n) is 8.54. The van der Waals surface area contributed by atoms with E-state index in [2.05, 4.69) is 26.0 Å². The number of rotatable bonds is 54. The van der Waals surface area contributed by atoms with Crippen LogP contribution in [0.5, 0.6) is 0 Å². The highest BCUT2D eigenvalue weighted by Gasteiger charge is 2.22. The van der Waals surface area contributed by atoms with Crippen LogP contribution in [-0.2, 0) is 32.7 Å². The van der Waals surface area contributed by atoms with Crippen molar-refractivity contribution in [3.63, 3.8) is 0 Å². The maximum Gasteiger partial charge on any atom is 0.306 e. The predicted octanol–water partition coefficient (Wildman–Crippen LogP) is 17.0. The molecule has 0 saturated carbocycles. The molecule has 9 nitrogen and oxygen atoms in total. The van der Waals surface area contributed by atoms with Crippen LogP contribution >= 0.6 is 7.82 Å². The monoisotopic (exact) mass is 970 g/mol. The first-order chi connectivity index (χ1) is 32.5. The first kappa shape index (κ1) is 65.8. The molecular formula is C57H112NO8P. The van der Waals surface area contributed by atoms with E-state index in [0.29, 0.717) is 17.4 Å². The number of hydrogen-bond acceptors (Lipinski definition) is 8. The Kier molecular flexibility index (Phi) is 48.8. The number of esters is 2. The van der Waals surface area contributed by atoms with Gasteiger partial charge in [-0.25, -0.2) is 0 Å². The lowest BCUT2D eigenvalue weighted by atomic mass is 10.0. The van der Waals surface area contributed by atoms with Crippen LogP contribution in [-0.4, -0.2) is 70.0 Å². The van der Waals surface area contributed by atoms with Crippen LogP contribution in [0.3, 0.4) is 0 Å². The van der Waals surface area contributed by atoms with Gasteiger partial charge in [-0.1, -0.05) is 251 Å². The molecule has 0 aromatic rings. The van der Waals surface area contributed by atoms with E-state index in [1.165, 1.54) is 205 Å². The average Bonchev–Trinajstić information content (AvgIpc) is 3.29. The Labute approximate surface area is 416 Å². The summed E-state index contributed by atoms with van der Waals surface area (Å²) in [5.74, 6) is -0.827. The Morgan fingerprint density at radius 1 is 0.448 bits per heavy atom. The highest BCUT2D eigenvalue weighted by atomic mass is 31.2. The van der Waals surface area contributed by atoms with E-state index in [9.17, 15) is 19.0 Å². The first-order valence-corrected chi connectivity index (χ1v) is 30.4. The smallest absolute Gasteiger partial charge is 0.306 e. The van der Waals surface area contributed by atoms with Crippen molar-refractivity contribution in [1.29, 1.82) is 0 Å². The molecule has 0 spiro atoms. The molecule has 0 heterocycles. The van der Waals surface area contributed by atoms with Crippen LogP contribution in [0.15, 0.2) is 12.2 Å². The van der Waals surface area contributed by atoms with E-state index < -0.39 is 26.5 Å². The molecule has 0 aliphatic carbocycles. The summed E-state index contributed by atoms with van der Waals surface area (Å²) < 4.78 is 34.1. The third kappa shape index (κ3) is 53.9. The maximum atomic E-state index is 12.7. The zero-order valence-corrected chi connectivity index (χ0v) is 46.0. The van der Waals surface area contributed by atoms with Crippen molar-refractivity contribution in [2.24, 2.45) is 0 Å². The highest BCUT2D eigenvalue weighted by Crippen LogP contribution is 2.38. The molecule has 0 radical (unpaired) electrons. The lowest BCUT2D eigenvalue weighted by molar-refractivity contribution is -0.870. The third-order valence-electron chi connectivity index (χ3n) is 13.0. The summed E-state index contributed by atoms with van der Waals surface area (Å²) in [7, 11) is 1.18. The molecule has 10 heteroatoms. The van der Waals surface area contributed by atoms with Gasteiger partial charge in [0.05, 0.1) is 27.7 Å². The summed E-state index contributed by atoms with van der Waals surface area (Å²) in [6.07, 6.45) is 57.0. The Hall–Kier alpha value is -1.25. The molecule has 0 N–H and O–H groups in total. The Morgan fingerprint density at radius 3 is 1.10 bits per heavy atom. The summed E-state index contributed by atoms with van der Waals surface area (Å²) in [6.45, 7) is 4.27. The van der Waals surface area contributed by atoms with Gasteiger partial charge < -0.3 is 27.9 Å². The van der Waals surface area contributed by atoms with Gasteiger partial charge in [-0.15, -0.1) is 0 Å². The van der Waals surface area contributed by atoms with Gasteiger partial charge in [0.25, 0.3) is 7.82 Å². The minimum atomic E-state index is -4.63. The molecule has 67 heavy (non-hydrogen) atoms. The molecule has 0 amide bonds. The second-order valence-electron chi connectivity index (χ2n) is 21.0. The van der Waals surface area contributed by atoms with E-state index in [0.717, 1.165) is 51.4 Å². The minimum absolute atomic E-state index is 0.0290. The molecule has 2 atom stereocenters. The lowest BCUT2D eigenvalue weighted by Gasteiger charge is -2.28. The maximum absolute atomic E-state index is 12.7. The van der Waals surface area contributed by atoms with E-state index in [1.54, 1.807) is 0 Å². The van der Waals surface area contributed by atoms with E-state index in [4.69, 9.17) is 18.5 Å². The van der Waals surface area contributed by atoms with Gasteiger partial charge in [0.1, 0.15) is 19.8 Å². The third-order valence-corrected chi connectivity index (χ3v) is 14.0. The van der Waals surface area contributed by atoms with Crippen molar-refractivity contribution in [1.82, 2.24) is 0 Å². The van der Waals surface area contributed by atoms with E-state index >= 15 is 0 Å². The number of unbranched alkanes of at least 4 members (excludes halogenated alkanes) is 38. The average molecular weight is 970 g/mol. The molecular weight excluding hydrogens is 858 g/mol. The van der Waals surface area contributed by atoms with Gasteiger partial charge in [0, 0.05) is 12.8 Å². The molecule has 0 aromatic heterocycles. The molecule has 0 rings (SSSR count). The van der Waals surface area contributed by atoms with Gasteiger partial charge in [-0.3, -0.25) is 14.2 Å². The van der Waals surface area contributed by atoms with Crippen LogP contribution in [0, 0.1) is 0 Å². The number of quaternary nitrogens is 1. The van der Waals surface area contributed by atoms with Gasteiger partial charge in [0.2, 0.25) is 0 Å². The molecule has 0 aliphatic heterocycles. The fraction of sp³-hybridized carbons (Fsp3) is 0.930. The van der Waals surface area contributed by atoms with Gasteiger partial charge >= 0.3 is 11.9 Å². The van der Waals surface area contributed by atoms with Crippen molar-refractivity contribution in [2.45, 2.75) is 296 Å². The van der Waals surface area contributed by atoms with Crippen molar-refractivity contribution in [2.75, 3.05) is 47.5 Å². The van der Waals surface area contributed by atoms with Crippen molar-refractivity contribution < 1.29 is 42.1 Å². The normalized spacial score (nSPS) is 13.3. The highest BCUT2D eigenvalue weighted by molar-refractivity contribution is 7.45. The number of ether oxygens (including phenoxy) is 2. The zero-order valence-electron chi connectivity index (χ0n) is 45.1. The van der Waals surface area contributed by atoms with Gasteiger partial charge in [-0.05, 0) is 38.5 Å². The van der Waals surface area contributed by atoms with E-state index in [-0.39, 0.29) is 32.0 Å². The Morgan fingerprint density at radius 2 is 0.761 bits per heavy atom. The molecule has 398 valence electrons. The molecule has 0 saturated heterocycles. The van der Waals surface area contributed by atoms with Crippen molar-refractivity contribution in [3.05, 3.63) is 12.2 Å². The summed E-state index contributed by atoms with van der Waals surface area (Å²) in [4.78, 5) is 37.8. The molecule has 0 fully saturated rings. The molecule has 2 unspecified atom stereocenters. The van der Waals surface area contributed by atoms with Crippen molar-refractivity contribution >= 4 is 19.8 Å². The summed E-state index contributed by atoms with van der Waals surface area (Å²) in [6, 6.07) is 0. The summed E-state index contributed by atoms with van der Waals surface area (Å²) in [5.41, 5.74) is 0. The van der Waals surface area contributed by atoms with E-state index in [1.807, 2.05) is 21.1 Å². The van der Waals surface area contributed by atoms with Crippen molar-refractivity contribution in [3.8, 4) is 0 Å². The zero-order chi connectivity index (χ0) is 49.2. The van der Waals surface area contributed by atoms with Gasteiger partial charge in [0.15, 0.2) is 6.10 Å². The molecule has 0 aliphatic rings. The Balaban J connectivity index is 4.01. The fourth-order valence-corrected chi connectivity index (χ4v) is 9.26. The molecule has 0 aromatic carbocycles. The van der Waals surface area contributed by atoms with Crippen LogP contribution in [0.2, 0.25) is 0 Å². The second kappa shape index (κ2) is 49.7. The summed E-state index contributed by atoms with van der Waals surface area (Å²) in [5, 5.41) is 0. The topological polar surface area (TPSA) is 111 Å². The number of phosphoric acid groups is 1. The number of phosphoric ester groups is 1. The van der Waals surface area contributed by atoms with Crippen LogP contribution in [0.25, 0.3) is 0 Å². The lowest BCUT2D eigenvalue weighted by Crippen LogP contribution is -2.37. The minimum Gasteiger partial charge on any atom is -0.756 e. The van der Waals surface area contributed by atoms with Crippen LogP contribution < -0.4 is 4.89 Å². The number of carbonyl (C=O) groups is 2. The number of nitrogens with zero attached hydrogens (tertiary/aromatic N) is 1. The largest absolute Gasteiger partial charge is 0.756 e. The summed E-state index contributed by atoms with van der Waals surface area (Å²) >= 11 is 0. The SMILES string of the molecule is CCCCCCC/C=C\CCCCCCCC(=O)OC(COC(=O)CCCCCCCCCCCCCCCCCCCCCCCCCCCCCCC)COP(=O)([O-])OCC[N+](C)(C)C. The second-order valence-corrected chi connectivity index (χ2v) is 22.4. The standard InChI is InChI=1S/C57H112NO8P/c1-6-8-10-12-14-16-18-20-22-23-24-25-26-27-28-29-30-31-32-33-34-35-36-38-39-41-43-45-47-49-56(59)63-53-55(54-65-67(61,62)64-52-51-58(3,4)5)66-57(60)50-48-46-44-42-40-37-21-19-17-15-13-11-9-7-2/h19,21,55H,6-18,20,22-54H2,1-5H3/b21-19-. The quantitative estimate of drug-likeness (QED) is 0.0195. The Bertz CT molecular complexity index is 1140. The number of allylic oxidation sites excluding steroid dienone is 2. The van der Waals surface area contributed by atoms with Crippen LogP contribution in [0.4, 0.5) is 0 Å². The number of hydrogen-bond donors (Lipinski definition) is 0. The molecule has 0 bridgehead atoms. The van der Waals surface area contributed by atoms with Crippen LogP contribution in [0.1, 0.15) is 290 Å². The number of carbonyl (C=O) groups excluding carboxylic acids is 2. The van der Waals surface area contributed by atoms with Gasteiger partial charge in [-0.2, -0.15) is 0 Å². The first-order valence-electron chi connectivity index (χ1n) is 28.9. The number of likely N-dealkylation sites (N-methyl/N-ethyl adjacent to an activating group) is 1.